The van der Waals surface area contributed by atoms with Crippen molar-refractivity contribution in [2.45, 2.75) is 19.4 Å². The summed E-state index contributed by atoms with van der Waals surface area (Å²) in [5.74, 6) is 1.06. The molecule has 2 aromatic heterocycles. The summed E-state index contributed by atoms with van der Waals surface area (Å²) in [4.78, 5) is 8.66. The van der Waals surface area contributed by atoms with Crippen molar-refractivity contribution in [3.63, 3.8) is 0 Å². The van der Waals surface area contributed by atoms with Crippen molar-refractivity contribution in [3.8, 4) is 0 Å². The number of anilines is 1. The van der Waals surface area contributed by atoms with E-state index in [0.717, 1.165) is 37.3 Å². The third kappa shape index (κ3) is 1.98. The van der Waals surface area contributed by atoms with E-state index in [0.29, 0.717) is 11.9 Å². The lowest BCUT2D eigenvalue weighted by Gasteiger charge is -2.22. The average molecular weight is 232 g/mol. The molecule has 1 unspecified atom stereocenters. The van der Waals surface area contributed by atoms with Gasteiger partial charge in [-0.25, -0.2) is 9.97 Å². The molecule has 1 fully saturated rings. The highest BCUT2D eigenvalue weighted by atomic mass is 16.5. The molecule has 2 aromatic rings. The van der Waals surface area contributed by atoms with Gasteiger partial charge < -0.3 is 10.5 Å². The fraction of sp³-hybridized carbons (Fsp3) is 0.500. The van der Waals surface area contributed by atoms with Gasteiger partial charge in [-0.05, 0) is 25.0 Å². The number of ether oxygens (including phenoxy) is 1. The molecule has 0 amide bonds. The maximum absolute atomic E-state index is 5.94. The van der Waals surface area contributed by atoms with E-state index in [1.54, 1.807) is 6.20 Å². The molecule has 1 atom stereocenters. The van der Waals surface area contributed by atoms with Crippen molar-refractivity contribution in [1.82, 2.24) is 14.5 Å². The quantitative estimate of drug-likeness (QED) is 0.850. The molecule has 0 spiro atoms. The summed E-state index contributed by atoms with van der Waals surface area (Å²) in [6.45, 7) is 2.54. The molecule has 0 aliphatic carbocycles. The summed E-state index contributed by atoms with van der Waals surface area (Å²) in [7, 11) is 0. The first-order chi connectivity index (χ1) is 8.34. The Bertz CT molecular complexity index is 516. The van der Waals surface area contributed by atoms with Crippen LogP contribution in [0, 0.1) is 5.92 Å². The van der Waals surface area contributed by atoms with Crippen LogP contribution in [-0.2, 0) is 11.3 Å². The van der Waals surface area contributed by atoms with Gasteiger partial charge >= 0.3 is 0 Å². The minimum atomic E-state index is 0.519. The molecule has 0 aromatic carbocycles. The van der Waals surface area contributed by atoms with E-state index in [2.05, 4.69) is 9.97 Å². The Morgan fingerprint density at radius 2 is 2.47 bits per heavy atom. The Morgan fingerprint density at radius 1 is 1.53 bits per heavy atom. The van der Waals surface area contributed by atoms with E-state index >= 15 is 0 Å². The van der Waals surface area contributed by atoms with Crippen LogP contribution in [0.1, 0.15) is 12.8 Å². The Kier molecular flexibility index (Phi) is 2.68. The van der Waals surface area contributed by atoms with E-state index in [1.165, 1.54) is 6.42 Å². The monoisotopic (exact) mass is 232 g/mol. The number of nitrogen functional groups attached to an aromatic ring is 1. The fourth-order valence-corrected chi connectivity index (χ4v) is 2.37. The SMILES string of the molecule is Nc1nc2cccnc2n1CC1CCCOC1. The number of nitrogens with zero attached hydrogens (tertiary/aromatic N) is 3. The van der Waals surface area contributed by atoms with Crippen molar-refractivity contribution >= 4 is 17.1 Å². The normalized spacial score (nSPS) is 20.8. The van der Waals surface area contributed by atoms with Gasteiger partial charge in [0.25, 0.3) is 0 Å². The van der Waals surface area contributed by atoms with Crippen LogP contribution in [-0.4, -0.2) is 27.7 Å². The molecular weight excluding hydrogens is 216 g/mol. The van der Waals surface area contributed by atoms with Gasteiger partial charge in [0.1, 0.15) is 5.52 Å². The first-order valence-corrected chi connectivity index (χ1v) is 5.99. The molecule has 1 saturated heterocycles. The molecular formula is C12H16N4O. The molecule has 3 rings (SSSR count). The molecule has 90 valence electrons. The minimum absolute atomic E-state index is 0.519. The van der Waals surface area contributed by atoms with Crippen LogP contribution in [0.3, 0.4) is 0 Å². The zero-order valence-corrected chi connectivity index (χ0v) is 9.67. The number of fused-ring (bicyclic) bond motifs is 1. The number of rotatable bonds is 2. The van der Waals surface area contributed by atoms with Gasteiger partial charge in [0.15, 0.2) is 5.65 Å². The van der Waals surface area contributed by atoms with Crippen molar-refractivity contribution < 1.29 is 4.74 Å². The van der Waals surface area contributed by atoms with E-state index in [9.17, 15) is 0 Å². The molecule has 5 heteroatoms. The van der Waals surface area contributed by atoms with E-state index in [1.807, 2.05) is 16.7 Å². The maximum atomic E-state index is 5.94. The summed E-state index contributed by atoms with van der Waals surface area (Å²) >= 11 is 0. The predicted molar refractivity (Wildman–Crippen MR) is 65.5 cm³/mol. The van der Waals surface area contributed by atoms with Crippen molar-refractivity contribution in [2.24, 2.45) is 5.92 Å². The molecule has 1 aliphatic rings. The van der Waals surface area contributed by atoms with Crippen LogP contribution in [0.2, 0.25) is 0 Å². The first kappa shape index (κ1) is 10.5. The van der Waals surface area contributed by atoms with Gasteiger partial charge in [-0.2, -0.15) is 0 Å². The second-order valence-corrected chi connectivity index (χ2v) is 4.51. The Morgan fingerprint density at radius 3 is 3.29 bits per heavy atom. The Balaban J connectivity index is 1.90. The summed E-state index contributed by atoms with van der Waals surface area (Å²) in [6.07, 6.45) is 4.09. The minimum Gasteiger partial charge on any atom is -0.381 e. The van der Waals surface area contributed by atoms with E-state index in [-0.39, 0.29) is 0 Å². The number of nitrogens with two attached hydrogens (primary N) is 1. The van der Waals surface area contributed by atoms with Gasteiger partial charge in [0.2, 0.25) is 5.95 Å². The van der Waals surface area contributed by atoms with E-state index in [4.69, 9.17) is 10.5 Å². The Hall–Kier alpha value is -1.62. The standard InChI is InChI=1S/C12H16N4O/c13-12-15-10-4-1-5-14-11(10)16(12)7-9-3-2-6-17-8-9/h1,4-5,9H,2-3,6-8H2,(H2,13,15). The zero-order chi connectivity index (χ0) is 11.7. The molecule has 2 N–H and O–H groups in total. The Labute approximate surface area is 99.6 Å². The van der Waals surface area contributed by atoms with Crippen molar-refractivity contribution in [1.29, 1.82) is 0 Å². The third-order valence-electron chi connectivity index (χ3n) is 3.23. The molecule has 1 aliphatic heterocycles. The van der Waals surface area contributed by atoms with E-state index < -0.39 is 0 Å². The topological polar surface area (TPSA) is 66.0 Å². The zero-order valence-electron chi connectivity index (χ0n) is 9.67. The molecule has 17 heavy (non-hydrogen) atoms. The van der Waals surface area contributed by atoms with Crippen LogP contribution in [0.4, 0.5) is 5.95 Å². The van der Waals surface area contributed by atoms with Gasteiger partial charge in [-0.1, -0.05) is 0 Å². The second-order valence-electron chi connectivity index (χ2n) is 4.51. The number of pyridine rings is 1. The molecule has 0 saturated carbocycles. The van der Waals surface area contributed by atoms with Crippen LogP contribution in [0.15, 0.2) is 18.3 Å². The summed E-state index contributed by atoms with van der Waals surface area (Å²) < 4.78 is 7.48. The van der Waals surface area contributed by atoms with Crippen molar-refractivity contribution in [3.05, 3.63) is 18.3 Å². The predicted octanol–water partition coefficient (Wildman–Crippen LogP) is 1.44. The summed E-state index contributed by atoms with van der Waals surface area (Å²) in [5.41, 5.74) is 7.68. The fourth-order valence-electron chi connectivity index (χ4n) is 2.37. The highest BCUT2D eigenvalue weighted by molar-refractivity contribution is 5.73. The van der Waals surface area contributed by atoms with Gasteiger partial charge in [0, 0.05) is 25.3 Å². The lowest BCUT2D eigenvalue weighted by Crippen LogP contribution is -2.22. The second kappa shape index (κ2) is 4.33. The van der Waals surface area contributed by atoms with Gasteiger partial charge in [0.05, 0.1) is 6.61 Å². The summed E-state index contributed by atoms with van der Waals surface area (Å²) in [6, 6.07) is 3.81. The number of hydrogen-bond donors (Lipinski definition) is 1. The molecule has 0 bridgehead atoms. The first-order valence-electron chi connectivity index (χ1n) is 5.99. The maximum Gasteiger partial charge on any atom is 0.202 e. The summed E-state index contributed by atoms with van der Waals surface area (Å²) in [5, 5.41) is 0. The highest BCUT2D eigenvalue weighted by Gasteiger charge is 2.17. The van der Waals surface area contributed by atoms with Gasteiger partial charge in [-0.15, -0.1) is 0 Å². The van der Waals surface area contributed by atoms with Crippen LogP contribution < -0.4 is 5.73 Å². The molecule has 3 heterocycles. The van der Waals surface area contributed by atoms with Crippen LogP contribution in [0.5, 0.6) is 0 Å². The third-order valence-corrected chi connectivity index (χ3v) is 3.23. The van der Waals surface area contributed by atoms with Crippen molar-refractivity contribution in [2.75, 3.05) is 18.9 Å². The smallest absolute Gasteiger partial charge is 0.202 e. The molecule has 0 radical (unpaired) electrons. The lowest BCUT2D eigenvalue weighted by atomic mass is 10.0. The lowest BCUT2D eigenvalue weighted by molar-refractivity contribution is 0.0489. The number of imidazole rings is 1. The highest BCUT2D eigenvalue weighted by Crippen LogP contribution is 2.21. The molecule has 5 nitrogen and oxygen atoms in total. The van der Waals surface area contributed by atoms with Crippen LogP contribution >= 0.6 is 0 Å². The number of hydrogen-bond acceptors (Lipinski definition) is 4. The number of aromatic nitrogens is 3. The largest absolute Gasteiger partial charge is 0.381 e. The van der Waals surface area contributed by atoms with Crippen LogP contribution in [0.25, 0.3) is 11.2 Å². The van der Waals surface area contributed by atoms with Gasteiger partial charge in [-0.3, -0.25) is 4.57 Å². The average Bonchev–Trinajstić information content (AvgIpc) is 2.68.